The van der Waals surface area contributed by atoms with Crippen molar-refractivity contribution in [1.82, 2.24) is 0 Å². The minimum atomic E-state index is -3.63. The van der Waals surface area contributed by atoms with Crippen molar-refractivity contribution in [3.63, 3.8) is 0 Å². The third-order valence-corrected chi connectivity index (χ3v) is 4.16. The van der Waals surface area contributed by atoms with Gasteiger partial charge in [-0.15, -0.1) is 0 Å². The van der Waals surface area contributed by atoms with Gasteiger partial charge in [0, 0.05) is 12.0 Å². The van der Waals surface area contributed by atoms with Crippen LogP contribution in [-0.4, -0.2) is 20.5 Å². The quantitative estimate of drug-likeness (QED) is 0.556. The van der Waals surface area contributed by atoms with E-state index >= 15 is 0 Å². The Morgan fingerprint density at radius 1 is 1.04 bits per heavy atom. The van der Waals surface area contributed by atoms with Crippen molar-refractivity contribution in [2.45, 2.75) is 33.1 Å². The zero-order valence-electron chi connectivity index (χ0n) is 14.2. The Morgan fingerprint density at radius 3 is 2.25 bits per heavy atom. The molecule has 0 saturated heterocycles. The first kappa shape index (κ1) is 18.2. The minimum Gasteiger partial charge on any atom is -0.383 e. The molecule has 2 rings (SSSR count). The second kappa shape index (κ2) is 7.62. The highest BCUT2D eigenvalue weighted by Crippen LogP contribution is 2.29. The molecule has 0 saturated carbocycles. The van der Waals surface area contributed by atoms with Crippen LogP contribution in [0.15, 0.2) is 42.5 Å². The van der Waals surface area contributed by atoms with Crippen LogP contribution < -0.4 is 4.18 Å². The van der Waals surface area contributed by atoms with Gasteiger partial charge in [-0.05, 0) is 41.3 Å². The maximum atomic E-state index is 12.3. The van der Waals surface area contributed by atoms with Crippen LogP contribution in [-0.2, 0) is 16.5 Å². The molecule has 4 nitrogen and oxygen atoms in total. The smallest absolute Gasteiger partial charge is 0.306 e. The van der Waals surface area contributed by atoms with Crippen molar-refractivity contribution >= 4 is 15.9 Å². The Bertz CT molecular complexity index is 821. The molecule has 0 bridgehead atoms. The fourth-order valence-electron chi connectivity index (χ4n) is 2.56. The second-order valence-electron chi connectivity index (χ2n) is 5.72. The first-order valence-corrected chi connectivity index (χ1v) is 9.81. The lowest BCUT2D eigenvalue weighted by molar-refractivity contribution is 0.0988. The van der Waals surface area contributed by atoms with E-state index in [4.69, 9.17) is 4.18 Å². The molecule has 2 aromatic carbocycles. The first-order chi connectivity index (χ1) is 11.3. The molecule has 0 aliphatic heterocycles. The molecule has 0 fully saturated rings. The molecule has 0 unspecified atom stereocenters. The normalized spacial score (nSPS) is 11.3. The summed E-state index contributed by atoms with van der Waals surface area (Å²) in [6, 6.07) is 12.9. The van der Waals surface area contributed by atoms with Gasteiger partial charge in [-0.25, -0.2) is 0 Å². The minimum absolute atomic E-state index is 0.0541. The SMILES string of the molecule is CCCc1ccc(-c2ccc(OS(C)(=O)=O)cc2C(=O)CC)cc1. The molecule has 5 heteroatoms. The molecule has 0 spiro atoms. The standard InChI is InChI=1S/C19H22O4S/c1-4-6-14-7-9-15(10-8-14)17-12-11-16(23-24(3,21)22)13-18(17)19(20)5-2/h7-13H,4-6H2,1-3H3. The number of ketones is 1. The summed E-state index contributed by atoms with van der Waals surface area (Å²) < 4.78 is 27.5. The van der Waals surface area contributed by atoms with Gasteiger partial charge in [0.1, 0.15) is 5.75 Å². The number of Topliss-reactive ketones (excluding diaryl/α,β-unsaturated/α-hetero) is 1. The van der Waals surface area contributed by atoms with Gasteiger partial charge in [0.05, 0.1) is 6.26 Å². The van der Waals surface area contributed by atoms with Gasteiger partial charge < -0.3 is 4.18 Å². The largest absolute Gasteiger partial charge is 0.383 e. The average Bonchev–Trinajstić information content (AvgIpc) is 2.54. The number of benzene rings is 2. The topological polar surface area (TPSA) is 60.4 Å². The van der Waals surface area contributed by atoms with Crippen LogP contribution in [0.3, 0.4) is 0 Å². The van der Waals surface area contributed by atoms with Gasteiger partial charge in [0.25, 0.3) is 0 Å². The van der Waals surface area contributed by atoms with Crippen LogP contribution in [0.5, 0.6) is 5.75 Å². The van der Waals surface area contributed by atoms with Crippen molar-refractivity contribution in [2.24, 2.45) is 0 Å². The maximum absolute atomic E-state index is 12.3. The fraction of sp³-hybridized carbons (Fsp3) is 0.316. The van der Waals surface area contributed by atoms with Crippen LogP contribution in [0.4, 0.5) is 0 Å². The molecular weight excluding hydrogens is 324 g/mol. The van der Waals surface area contributed by atoms with Crippen molar-refractivity contribution in [3.8, 4) is 16.9 Å². The highest BCUT2D eigenvalue weighted by Gasteiger charge is 2.15. The molecule has 0 heterocycles. The molecule has 0 aromatic heterocycles. The molecule has 2 aromatic rings. The number of rotatable bonds is 7. The van der Waals surface area contributed by atoms with Gasteiger partial charge in [-0.1, -0.05) is 44.5 Å². The molecule has 128 valence electrons. The molecule has 0 atom stereocenters. The van der Waals surface area contributed by atoms with Crippen LogP contribution >= 0.6 is 0 Å². The van der Waals surface area contributed by atoms with Crippen molar-refractivity contribution < 1.29 is 17.4 Å². The number of aryl methyl sites for hydroxylation is 1. The lowest BCUT2D eigenvalue weighted by atomic mass is 9.94. The molecule has 24 heavy (non-hydrogen) atoms. The number of hydrogen-bond donors (Lipinski definition) is 0. The van der Waals surface area contributed by atoms with E-state index in [9.17, 15) is 13.2 Å². The monoisotopic (exact) mass is 346 g/mol. The van der Waals surface area contributed by atoms with Crippen molar-refractivity contribution in [1.29, 1.82) is 0 Å². The van der Waals surface area contributed by atoms with E-state index in [-0.39, 0.29) is 11.5 Å². The lowest BCUT2D eigenvalue weighted by Gasteiger charge is -2.11. The van der Waals surface area contributed by atoms with E-state index in [1.807, 2.05) is 12.1 Å². The van der Waals surface area contributed by atoms with E-state index in [0.29, 0.717) is 12.0 Å². The van der Waals surface area contributed by atoms with Gasteiger partial charge in [0.15, 0.2) is 5.78 Å². The lowest BCUT2D eigenvalue weighted by Crippen LogP contribution is -2.07. The fourth-order valence-corrected chi connectivity index (χ4v) is 3.02. The summed E-state index contributed by atoms with van der Waals surface area (Å²) in [6.07, 6.45) is 3.41. The molecule has 0 aliphatic rings. The summed E-state index contributed by atoms with van der Waals surface area (Å²) in [5, 5.41) is 0. The van der Waals surface area contributed by atoms with Crippen LogP contribution in [0.2, 0.25) is 0 Å². The Labute approximate surface area is 143 Å². The molecule has 0 aliphatic carbocycles. The zero-order chi connectivity index (χ0) is 17.7. The number of carbonyl (C=O) groups excluding carboxylic acids is 1. The number of carbonyl (C=O) groups is 1. The van der Waals surface area contributed by atoms with Crippen molar-refractivity contribution in [2.75, 3.05) is 6.26 Å². The van der Waals surface area contributed by atoms with Gasteiger partial charge in [-0.2, -0.15) is 8.42 Å². The molecule has 0 radical (unpaired) electrons. The van der Waals surface area contributed by atoms with Crippen LogP contribution in [0.1, 0.15) is 42.6 Å². The van der Waals surface area contributed by atoms with E-state index in [1.54, 1.807) is 19.1 Å². The predicted octanol–water partition coefficient (Wildman–Crippen LogP) is 4.24. The summed E-state index contributed by atoms with van der Waals surface area (Å²) in [7, 11) is -3.63. The Kier molecular flexibility index (Phi) is 5.78. The maximum Gasteiger partial charge on any atom is 0.306 e. The van der Waals surface area contributed by atoms with Crippen molar-refractivity contribution in [3.05, 3.63) is 53.6 Å². The Morgan fingerprint density at radius 2 is 1.71 bits per heavy atom. The van der Waals surface area contributed by atoms with Gasteiger partial charge in [-0.3, -0.25) is 4.79 Å². The second-order valence-corrected chi connectivity index (χ2v) is 7.29. The first-order valence-electron chi connectivity index (χ1n) is 8.00. The molecule has 0 amide bonds. The summed E-state index contributed by atoms with van der Waals surface area (Å²) in [5.74, 6) is 0.0993. The van der Waals surface area contributed by atoms with Crippen LogP contribution in [0.25, 0.3) is 11.1 Å². The van der Waals surface area contributed by atoms with E-state index in [1.165, 1.54) is 11.6 Å². The summed E-state index contributed by atoms with van der Waals surface area (Å²) in [4.78, 5) is 12.3. The number of hydrogen-bond acceptors (Lipinski definition) is 4. The molecule has 0 N–H and O–H groups in total. The molecular formula is C19H22O4S. The van der Waals surface area contributed by atoms with Gasteiger partial charge >= 0.3 is 10.1 Å². The third kappa shape index (κ3) is 4.68. The zero-order valence-corrected chi connectivity index (χ0v) is 15.0. The van der Waals surface area contributed by atoms with Crippen LogP contribution in [0, 0.1) is 0 Å². The Hall–Kier alpha value is -2.14. The highest BCUT2D eigenvalue weighted by atomic mass is 32.2. The van der Waals surface area contributed by atoms with Gasteiger partial charge in [0.2, 0.25) is 0 Å². The predicted molar refractivity (Wildman–Crippen MR) is 96.0 cm³/mol. The highest BCUT2D eigenvalue weighted by molar-refractivity contribution is 7.86. The summed E-state index contributed by atoms with van der Waals surface area (Å²) in [5.41, 5.74) is 3.44. The van der Waals surface area contributed by atoms with E-state index in [0.717, 1.165) is 30.2 Å². The third-order valence-electron chi connectivity index (χ3n) is 3.66. The summed E-state index contributed by atoms with van der Waals surface area (Å²) in [6.45, 7) is 3.91. The van der Waals surface area contributed by atoms with E-state index in [2.05, 4.69) is 19.1 Å². The van der Waals surface area contributed by atoms with E-state index < -0.39 is 10.1 Å². The average molecular weight is 346 g/mol. The Balaban J connectivity index is 2.46. The summed E-state index contributed by atoms with van der Waals surface area (Å²) >= 11 is 0.